The van der Waals surface area contributed by atoms with Crippen LogP contribution in [-0.4, -0.2) is 18.6 Å². The lowest BCUT2D eigenvalue weighted by Gasteiger charge is -2.20. The molecule has 2 nitrogen and oxygen atoms in total. The van der Waals surface area contributed by atoms with Crippen LogP contribution < -0.4 is 4.90 Å². The third-order valence-corrected chi connectivity index (χ3v) is 2.23. The molecule has 1 heterocycles. The predicted molar refractivity (Wildman–Crippen MR) is 60.0 cm³/mol. The van der Waals surface area contributed by atoms with Gasteiger partial charge in [-0.1, -0.05) is 29.8 Å². The normalized spacial score (nSPS) is 10.5. The van der Waals surface area contributed by atoms with Gasteiger partial charge in [0.1, 0.15) is 5.82 Å². The van der Waals surface area contributed by atoms with Crippen LogP contribution in [0.15, 0.2) is 22.8 Å². The van der Waals surface area contributed by atoms with E-state index in [9.17, 15) is 0 Å². The fourth-order valence-electron chi connectivity index (χ4n) is 1.24. The van der Waals surface area contributed by atoms with Crippen LogP contribution in [0.3, 0.4) is 0 Å². The van der Waals surface area contributed by atoms with Crippen LogP contribution in [0.4, 0.5) is 5.82 Å². The summed E-state index contributed by atoms with van der Waals surface area (Å²) in [6.45, 7) is 5.44. The van der Waals surface area contributed by atoms with E-state index in [1.807, 2.05) is 18.3 Å². The van der Waals surface area contributed by atoms with E-state index in [0.717, 1.165) is 16.8 Å². The average Bonchev–Trinajstić information content (AvgIpc) is 2.03. The first kappa shape index (κ1) is 10.5. The molecular weight excluding hydrogens is 228 g/mol. The summed E-state index contributed by atoms with van der Waals surface area (Å²) >= 11 is 3.43. The molecule has 1 aromatic rings. The molecule has 1 rings (SSSR count). The molecule has 3 heteroatoms. The molecule has 0 saturated carbocycles. The Labute approximate surface area is 88.1 Å². The number of aromatic nitrogens is 1. The molecule has 0 radical (unpaired) electrons. The third kappa shape index (κ3) is 3.35. The van der Waals surface area contributed by atoms with Gasteiger partial charge in [-0.25, -0.2) is 4.98 Å². The lowest BCUT2D eigenvalue weighted by molar-refractivity contribution is 0.634. The molecule has 72 valence electrons. The van der Waals surface area contributed by atoms with Gasteiger partial charge in [-0.05, 0) is 18.1 Å². The molecule has 0 fully saturated rings. The molecule has 0 atom stereocenters. The molecule has 0 aliphatic heterocycles. The standard InChI is InChI=1S/C10H15BrN2/c1-8(2)7-13(3)10-6-9(11)4-5-12-10/h4-6,8H,7H2,1-3H3. The van der Waals surface area contributed by atoms with Gasteiger partial charge in [-0.15, -0.1) is 0 Å². The number of halogens is 1. The van der Waals surface area contributed by atoms with Gasteiger partial charge in [0.25, 0.3) is 0 Å². The minimum Gasteiger partial charge on any atom is -0.359 e. The van der Waals surface area contributed by atoms with E-state index in [2.05, 4.69) is 46.7 Å². The molecule has 0 N–H and O–H groups in total. The first-order valence-electron chi connectivity index (χ1n) is 4.42. The second-order valence-corrected chi connectivity index (χ2v) is 4.52. The Morgan fingerprint density at radius 1 is 1.54 bits per heavy atom. The van der Waals surface area contributed by atoms with E-state index in [1.54, 1.807) is 0 Å². The van der Waals surface area contributed by atoms with E-state index in [1.165, 1.54) is 0 Å². The minimum absolute atomic E-state index is 0.658. The van der Waals surface area contributed by atoms with E-state index < -0.39 is 0 Å². The summed E-state index contributed by atoms with van der Waals surface area (Å²) in [6, 6.07) is 3.97. The molecular formula is C10H15BrN2. The first-order valence-corrected chi connectivity index (χ1v) is 5.21. The van der Waals surface area contributed by atoms with Crippen molar-refractivity contribution >= 4 is 21.7 Å². The fourth-order valence-corrected chi connectivity index (χ4v) is 1.57. The Hall–Kier alpha value is -0.570. The maximum Gasteiger partial charge on any atom is 0.129 e. The van der Waals surface area contributed by atoms with Crippen LogP contribution in [0.5, 0.6) is 0 Å². The molecule has 0 aliphatic rings. The van der Waals surface area contributed by atoms with Crippen molar-refractivity contribution < 1.29 is 0 Å². The monoisotopic (exact) mass is 242 g/mol. The fraction of sp³-hybridized carbons (Fsp3) is 0.500. The minimum atomic E-state index is 0.658. The van der Waals surface area contributed by atoms with Crippen molar-refractivity contribution in [2.75, 3.05) is 18.5 Å². The number of pyridine rings is 1. The summed E-state index contributed by atoms with van der Waals surface area (Å²) in [5.41, 5.74) is 0. The Kier molecular flexibility index (Phi) is 3.72. The summed E-state index contributed by atoms with van der Waals surface area (Å²) in [4.78, 5) is 6.45. The predicted octanol–water partition coefficient (Wildman–Crippen LogP) is 2.94. The molecule has 0 unspecified atom stereocenters. The quantitative estimate of drug-likeness (QED) is 0.811. The SMILES string of the molecule is CC(C)CN(C)c1cc(Br)ccn1. The summed E-state index contributed by atoms with van der Waals surface area (Å²) in [6.07, 6.45) is 1.82. The lowest BCUT2D eigenvalue weighted by Crippen LogP contribution is -2.23. The third-order valence-electron chi connectivity index (χ3n) is 1.74. The van der Waals surface area contributed by atoms with Gasteiger partial charge in [0.15, 0.2) is 0 Å². The zero-order valence-corrected chi connectivity index (χ0v) is 9.87. The van der Waals surface area contributed by atoms with Crippen molar-refractivity contribution in [2.45, 2.75) is 13.8 Å². The van der Waals surface area contributed by atoms with Crippen molar-refractivity contribution in [3.63, 3.8) is 0 Å². The molecule has 0 aliphatic carbocycles. The zero-order chi connectivity index (χ0) is 9.84. The summed E-state index contributed by atoms with van der Waals surface area (Å²) in [7, 11) is 2.06. The summed E-state index contributed by atoms with van der Waals surface area (Å²) in [5.74, 6) is 1.67. The van der Waals surface area contributed by atoms with Crippen LogP contribution >= 0.6 is 15.9 Å². The molecule has 13 heavy (non-hydrogen) atoms. The number of nitrogens with zero attached hydrogens (tertiary/aromatic N) is 2. The molecule has 0 saturated heterocycles. The molecule has 0 spiro atoms. The van der Waals surface area contributed by atoms with E-state index in [0.29, 0.717) is 5.92 Å². The smallest absolute Gasteiger partial charge is 0.129 e. The second kappa shape index (κ2) is 4.61. The summed E-state index contributed by atoms with van der Waals surface area (Å²) in [5, 5.41) is 0. The molecule has 0 bridgehead atoms. The van der Waals surface area contributed by atoms with Gasteiger partial charge in [-0.3, -0.25) is 0 Å². The van der Waals surface area contributed by atoms with Crippen LogP contribution in [0.25, 0.3) is 0 Å². The topological polar surface area (TPSA) is 16.1 Å². The van der Waals surface area contributed by atoms with Crippen LogP contribution in [0.1, 0.15) is 13.8 Å². The van der Waals surface area contributed by atoms with Crippen molar-refractivity contribution in [1.82, 2.24) is 4.98 Å². The van der Waals surface area contributed by atoms with E-state index in [4.69, 9.17) is 0 Å². The van der Waals surface area contributed by atoms with Gasteiger partial charge >= 0.3 is 0 Å². The lowest BCUT2D eigenvalue weighted by atomic mass is 10.2. The van der Waals surface area contributed by atoms with Crippen LogP contribution in [-0.2, 0) is 0 Å². The Bertz CT molecular complexity index is 273. The van der Waals surface area contributed by atoms with Crippen molar-refractivity contribution in [1.29, 1.82) is 0 Å². The zero-order valence-electron chi connectivity index (χ0n) is 8.29. The highest BCUT2D eigenvalue weighted by Gasteiger charge is 2.04. The molecule has 0 aromatic carbocycles. The maximum absolute atomic E-state index is 4.29. The number of hydrogen-bond acceptors (Lipinski definition) is 2. The Balaban J connectivity index is 2.71. The number of anilines is 1. The van der Waals surface area contributed by atoms with Crippen molar-refractivity contribution in [2.24, 2.45) is 5.92 Å². The Morgan fingerprint density at radius 3 is 2.77 bits per heavy atom. The summed E-state index contributed by atoms with van der Waals surface area (Å²) < 4.78 is 1.08. The van der Waals surface area contributed by atoms with Gasteiger partial charge in [0, 0.05) is 24.3 Å². The van der Waals surface area contributed by atoms with Gasteiger partial charge in [0.2, 0.25) is 0 Å². The van der Waals surface area contributed by atoms with Crippen molar-refractivity contribution in [3.05, 3.63) is 22.8 Å². The van der Waals surface area contributed by atoms with Gasteiger partial charge in [-0.2, -0.15) is 0 Å². The molecule has 1 aromatic heterocycles. The van der Waals surface area contributed by atoms with Gasteiger partial charge < -0.3 is 4.90 Å². The number of rotatable bonds is 3. The van der Waals surface area contributed by atoms with Gasteiger partial charge in [0.05, 0.1) is 0 Å². The van der Waals surface area contributed by atoms with E-state index in [-0.39, 0.29) is 0 Å². The van der Waals surface area contributed by atoms with Crippen molar-refractivity contribution in [3.8, 4) is 0 Å². The average molecular weight is 243 g/mol. The highest BCUT2D eigenvalue weighted by Crippen LogP contribution is 2.16. The largest absolute Gasteiger partial charge is 0.359 e. The van der Waals surface area contributed by atoms with E-state index >= 15 is 0 Å². The highest BCUT2D eigenvalue weighted by atomic mass is 79.9. The second-order valence-electron chi connectivity index (χ2n) is 3.61. The number of hydrogen-bond donors (Lipinski definition) is 0. The highest BCUT2D eigenvalue weighted by molar-refractivity contribution is 9.10. The van der Waals surface area contributed by atoms with Crippen LogP contribution in [0.2, 0.25) is 0 Å². The Morgan fingerprint density at radius 2 is 2.23 bits per heavy atom. The molecule has 0 amide bonds. The maximum atomic E-state index is 4.29. The first-order chi connectivity index (χ1) is 6.09. The van der Waals surface area contributed by atoms with Crippen LogP contribution in [0, 0.1) is 5.92 Å².